The summed E-state index contributed by atoms with van der Waals surface area (Å²) in [6, 6.07) is 2.15. The van der Waals surface area contributed by atoms with Crippen LogP contribution in [0.4, 0.5) is 0 Å². The van der Waals surface area contributed by atoms with Crippen molar-refractivity contribution < 1.29 is 0 Å². The van der Waals surface area contributed by atoms with E-state index in [0.29, 0.717) is 0 Å². The number of aryl methyl sites for hydroxylation is 1. The average Bonchev–Trinajstić information content (AvgIpc) is 2.31. The standard InChI is InChI=1S/C8H14N2/c1-9-5-3-8-4-6-10(2)7-8/h4,6-7,9H,3,5H2,1-2H3. The molecule has 1 aromatic heterocycles. The van der Waals surface area contributed by atoms with E-state index < -0.39 is 0 Å². The average molecular weight is 138 g/mol. The first-order valence-electron chi connectivity index (χ1n) is 3.58. The number of hydrogen-bond donors (Lipinski definition) is 1. The second-order valence-corrected chi connectivity index (χ2v) is 2.54. The molecule has 1 rings (SSSR count). The van der Waals surface area contributed by atoms with Gasteiger partial charge in [-0.25, -0.2) is 0 Å². The monoisotopic (exact) mass is 138 g/mol. The lowest BCUT2D eigenvalue weighted by molar-refractivity contribution is 0.789. The highest BCUT2D eigenvalue weighted by Gasteiger charge is 1.91. The third-order valence-corrected chi connectivity index (χ3v) is 1.56. The van der Waals surface area contributed by atoms with Crippen LogP contribution in [0.25, 0.3) is 0 Å². The molecule has 2 heteroatoms. The number of hydrogen-bond acceptors (Lipinski definition) is 1. The summed E-state index contributed by atoms with van der Waals surface area (Å²) in [4.78, 5) is 0. The topological polar surface area (TPSA) is 17.0 Å². The van der Waals surface area contributed by atoms with E-state index in [9.17, 15) is 0 Å². The van der Waals surface area contributed by atoms with Gasteiger partial charge in [-0.3, -0.25) is 0 Å². The summed E-state index contributed by atoms with van der Waals surface area (Å²) in [5.41, 5.74) is 1.40. The molecule has 0 aliphatic carbocycles. The highest BCUT2D eigenvalue weighted by molar-refractivity contribution is 5.09. The second-order valence-electron chi connectivity index (χ2n) is 2.54. The van der Waals surface area contributed by atoms with Gasteiger partial charge in [-0.1, -0.05) is 0 Å². The molecule has 2 nitrogen and oxygen atoms in total. The highest BCUT2D eigenvalue weighted by atomic mass is 14.9. The fraction of sp³-hybridized carbons (Fsp3) is 0.500. The van der Waals surface area contributed by atoms with Crippen LogP contribution in [-0.2, 0) is 13.5 Å². The summed E-state index contributed by atoms with van der Waals surface area (Å²) in [5.74, 6) is 0. The minimum atomic E-state index is 1.06. The maximum absolute atomic E-state index is 3.12. The van der Waals surface area contributed by atoms with Crippen molar-refractivity contribution in [3.05, 3.63) is 24.0 Å². The first-order chi connectivity index (χ1) is 4.83. The Labute approximate surface area is 61.9 Å². The fourth-order valence-corrected chi connectivity index (χ4v) is 0.978. The molecule has 1 N–H and O–H groups in total. The molecule has 0 aromatic carbocycles. The largest absolute Gasteiger partial charge is 0.357 e. The van der Waals surface area contributed by atoms with Crippen molar-refractivity contribution >= 4 is 0 Å². The van der Waals surface area contributed by atoms with Gasteiger partial charge in [-0.05, 0) is 31.6 Å². The predicted octanol–water partition coefficient (Wildman–Crippen LogP) is 0.787. The molecule has 10 heavy (non-hydrogen) atoms. The lowest BCUT2D eigenvalue weighted by Gasteiger charge is -1.94. The number of nitrogens with zero attached hydrogens (tertiary/aromatic N) is 1. The molecule has 0 fully saturated rings. The van der Waals surface area contributed by atoms with Gasteiger partial charge in [0.05, 0.1) is 0 Å². The molecule has 56 valence electrons. The minimum Gasteiger partial charge on any atom is -0.357 e. The zero-order valence-electron chi connectivity index (χ0n) is 6.59. The number of aromatic nitrogens is 1. The lowest BCUT2D eigenvalue weighted by Crippen LogP contribution is -2.09. The summed E-state index contributed by atoms with van der Waals surface area (Å²) in [6.45, 7) is 1.06. The van der Waals surface area contributed by atoms with Crippen LogP contribution in [0, 0.1) is 0 Å². The molecule has 0 amide bonds. The molecule has 0 aliphatic heterocycles. The molecule has 0 aliphatic rings. The van der Waals surface area contributed by atoms with Crippen molar-refractivity contribution in [1.29, 1.82) is 0 Å². The molecular weight excluding hydrogens is 124 g/mol. The number of rotatable bonds is 3. The predicted molar refractivity (Wildman–Crippen MR) is 43.0 cm³/mol. The Balaban J connectivity index is 2.42. The fourth-order valence-electron chi connectivity index (χ4n) is 0.978. The van der Waals surface area contributed by atoms with Gasteiger partial charge in [0.1, 0.15) is 0 Å². The van der Waals surface area contributed by atoms with Crippen LogP contribution in [0.5, 0.6) is 0 Å². The number of likely N-dealkylation sites (N-methyl/N-ethyl adjacent to an activating group) is 1. The molecule has 0 bridgehead atoms. The zero-order chi connectivity index (χ0) is 7.40. The summed E-state index contributed by atoms with van der Waals surface area (Å²) >= 11 is 0. The molecule has 0 saturated carbocycles. The molecule has 1 aromatic rings. The minimum absolute atomic E-state index is 1.06. The molecule has 0 unspecified atom stereocenters. The Kier molecular flexibility index (Phi) is 2.51. The summed E-state index contributed by atoms with van der Waals surface area (Å²) in [7, 11) is 4.02. The maximum Gasteiger partial charge on any atom is 0.0106 e. The van der Waals surface area contributed by atoms with E-state index in [-0.39, 0.29) is 0 Å². The van der Waals surface area contributed by atoms with E-state index in [2.05, 4.69) is 28.3 Å². The Morgan fingerprint density at radius 2 is 2.40 bits per heavy atom. The summed E-state index contributed by atoms with van der Waals surface area (Å²) in [5, 5.41) is 3.12. The van der Waals surface area contributed by atoms with Gasteiger partial charge in [-0.15, -0.1) is 0 Å². The molecule has 1 heterocycles. The smallest absolute Gasteiger partial charge is 0.0106 e. The van der Waals surface area contributed by atoms with E-state index in [1.807, 2.05) is 14.1 Å². The lowest BCUT2D eigenvalue weighted by atomic mass is 10.2. The Hall–Kier alpha value is -0.760. The van der Waals surface area contributed by atoms with Crippen LogP contribution in [0.15, 0.2) is 18.5 Å². The van der Waals surface area contributed by atoms with Crippen molar-refractivity contribution in [2.75, 3.05) is 13.6 Å². The van der Waals surface area contributed by atoms with Crippen LogP contribution in [-0.4, -0.2) is 18.2 Å². The van der Waals surface area contributed by atoms with Gasteiger partial charge in [0.15, 0.2) is 0 Å². The second kappa shape index (κ2) is 3.42. The van der Waals surface area contributed by atoms with Crippen molar-refractivity contribution in [1.82, 2.24) is 9.88 Å². The van der Waals surface area contributed by atoms with Gasteiger partial charge < -0.3 is 9.88 Å². The zero-order valence-corrected chi connectivity index (χ0v) is 6.59. The molecule has 0 radical (unpaired) electrons. The van der Waals surface area contributed by atoms with Gasteiger partial charge in [0, 0.05) is 19.4 Å². The quantitative estimate of drug-likeness (QED) is 0.653. The van der Waals surface area contributed by atoms with Crippen LogP contribution >= 0.6 is 0 Å². The van der Waals surface area contributed by atoms with E-state index in [0.717, 1.165) is 13.0 Å². The summed E-state index contributed by atoms with van der Waals surface area (Å²) in [6.07, 6.45) is 5.35. The van der Waals surface area contributed by atoms with Crippen molar-refractivity contribution in [3.63, 3.8) is 0 Å². The SMILES string of the molecule is CNCCc1ccn(C)c1. The van der Waals surface area contributed by atoms with E-state index >= 15 is 0 Å². The van der Waals surface area contributed by atoms with Crippen molar-refractivity contribution in [3.8, 4) is 0 Å². The van der Waals surface area contributed by atoms with Gasteiger partial charge >= 0.3 is 0 Å². The Bertz CT molecular complexity index is 191. The van der Waals surface area contributed by atoms with Gasteiger partial charge in [-0.2, -0.15) is 0 Å². The van der Waals surface area contributed by atoms with Crippen LogP contribution in [0.1, 0.15) is 5.56 Å². The molecule has 0 spiro atoms. The third kappa shape index (κ3) is 1.88. The third-order valence-electron chi connectivity index (χ3n) is 1.56. The van der Waals surface area contributed by atoms with E-state index in [4.69, 9.17) is 0 Å². The van der Waals surface area contributed by atoms with Crippen LogP contribution < -0.4 is 5.32 Å². The normalized spacial score (nSPS) is 10.2. The van der Waals surface area contributed by atoms with Crippen molar-refractivity contribution in [2.24, 2.45) is 7.05 Å². The highest BCUT2D eigenvalue weighted by Crippen LogP contribution is 1.98. The molecule has 0 atom stereocenters. The Morgan fingerprint density at radius 3 is 2.90 bits per heavy atom. The first kappa shape index (κ1) is 7.35. The van der Waals surface area contributed by atoms with Crippen LogP contribution in [0.3, 0.4) is 0 Å². The first-order valence-corrected chi connectivity index (χ1v) is 3.58. The molecule has 0 saturated heterocycles. The maximum atomic E-state index is 3.12. The van der Waals surface area contributed by atoms with Crippen molar-refractivity contribution in [2.45, 2.75) is 6.42 Å². The van der Waals surface area contributed by atoms with E-state index in [1.54, 1.807) is 0 Å². The van der Waals surface area contributed by atoms with Gasteiger partial charge in [0.25, 0.3) is 0 Å². The van der Waals surface area contributed by atoms with Crippen LogP contribution in [0.2, 0.25) is 0 Å². The van der Waals surface area contributed by atoms with E-state index in [1.165, 1.54) is 5.56 Å². The Morgan fingerprint density at radius 1 is 1.60 bits per heavy atom. The molecular formula is C8H14N2. The van der Waals surface area contributed by atoms with Gasteiger partial charge in [0.2, 0.25) is 0 Å². The number of nitrogens with one attached hydrogen (secondary N) is 1. The summed E-state index contributed by atoms with van der Waals surface area (Å²) < 4.78 is 2.07.